The molecular formula is C11H10F3N3O2. The standard InChI is InChI=1S/C11H10F3N3O2/c12-11(13,14)7-17(6-9-2-1-3-19-9)10(18)8-4-15-16-5-8/h1-5H,6-7H2,(H,15,16). The maximum absolute atomic E-state index is 12.5. The highest BCUT2D eigenvalue weighted by Gasteiger charge is 2.34. The fraction of sp³-hybridized carbons (Fsp3) is 0.273. The second-order valence-corrected chi connectivity index (χ2v) is 3.84. The summed E-state index contributed by atoms with van der Waals surface area (Å²) >= 11 is 0. The van der Waals surface area contributed by atoms with Crippen molar-refractivity contribution < 1.29 is 22.4 Å². The predicted molar refractivity (Wildman–Crippen MR) is 58.1 cm³/mol. The minimum absolute atomic E-state index is 0.0656. The molecule has 0 spiro atoms. The first-order valence-electron chi connectivity index (χ1n) is 5.33. The fourth-order valence-corrected chi connectivity index (χ4v) is 1.56. The zero-order valence-corrected chi connectivity index (χ0v) is 9.65. The zero-order valence-electron chi connectivity index (χ0n) is 9.65. The molecule has 0 aliphatic carbocycles. The van der Waals surface area contributed by atoms with E-state index in [1.165, 1.54) is 24.7 Å². The Morgan fingerprint density at radius 1 is 1.47 bits per heavy atom. The van der Waals surface area contributed by atoms with Gasteiger partial charge in [-0.2, -0.15) is 18.3 Å². The zero-order chi connectivity index (χ0) is 13.9. The first-order chi connectivity index (χ1) is 8.96. The van der Waals surface area contributed by atoms with Crippen LogP contribution in [0.2, 0.25) is 0 Å². The maximum Gasteiger partial charge on any atom is 0.406 e. The van der Waals surface area contributed by atoms with Gasteiger partial charge in [0.2, 0.25) is 0 Å². The smallest absolute Gasteiger partial charge is 0.406 e. The molecule has 8 heteroatoms. The number of halogens is 3. The summed E-state index contributed by atoms with van der Waals surface area (Å²) in [5, 5.41) is 5.93. The van der Waals surface area contributed by atoms with Gasteiger partial charge in [0.05, 0.1) is 24.6 Å². The Bertz CT molecular complexity index is 520. The third-order valence-corrected chi connectivity index (χ3v) is 2.33. The highest BCUT2D eigenvalue weighted by molar-refractivity contribution is 5.93. The number of hydrogen-bond donors (Lipinski definition) is 1. The molecule has 0 saturated heterocycles. The first kappa shape index (κ1) is 13.2. The molecule has 1 amide bonds. The van der Waals surface area contributed by atoms with Crippen LogP contribution in [0.1, 0.15) is 16.1 Å². The van der Waals surface area contributed by atoms with Gasteiger partial charge < -0.3 is 9.32 Å². The number of carbonyl (C=O) groups is 1. The molecule has 2 heterocycles. The van der Waals surface area contributed by atoms with E-state index in [2.05, 4.69) is 10.2 Å². The van der Waals surface area contributed by atoms with Crippen molar-refractivity contribution in [1.82, 2.24) is 15.1 Å². The molecular weight excluding hydrogens is 263 g/mol. The van der Waals surface area contributed by atoms with E-state index in [4.69, 9.17) is 4.42 Å². The van der Waals surface area contributed by atoms with Crippen LogP contribution in [0.3, 0.4) is 0 Å². The van der Waals surface area contributed by atoms with Crippen molar-refractivity contribution in [3.8, 4) is 0 Å². The number of carbonyl (C=O) groups excluding carboxylic acids is 1. The van der Waals surface area contributed by atoms with Gasteiger partial charge in [0.15, 0.2) is 0 Å². The van der Waals surface area contributed by atoms with Crippen molar-refractivity contribution in [1.29, 1.82) is 0 Å². The number of hydrogen-bond acceptors (Lipinski definition) is 3. The highest BCUT2D eigenvalue weighted by Crippen LogP contribution is 2.20. The molecule has 0 aromatic carbocycles. The van der Waals surface area contributed by atoms with Gasteiger partial charge in [-0.3, -0.25) is 9.89 Å². The molecule has 102 valence electrons. The second-order valence-electron chi connectivity index (χ2n) is 3.84. The van der Waals surface area contributed by atoms with E-state index in [1.807, 2.05) is 0 Å². The van der Waals surface area contributed by atoms with Crippen LogP contribution in [-0.2, 0) is 6.54 Å². The van der Waals surface area contributed by atoms with Gasteiger partial charge in [-0.25, -0.2) is 0 Å². The fourth-order valence-electron chi connectivity index (χ4n) is 1.56. The molecule has 19 heavy (non-hydrogen) atoms. The molecule has 5 nitrogen and oxygen atoms in total. The third-order valence-electron chi connectivity index (χ3n) is 2.33. The number of nitrogens with one attached hydrogen (secondary N) is 1. The lowest BCUT2D eigenvalue weighted by Gasteiger charge is -2.22. The average Bonchev–Trinajstić information content (AvgIpc) is 2.98. The van der Waals surface area contributed by atoms with E-state index in [-0.39, 0.29) is 17.9 Å². The summed E-state index contributed by atoms with van der Waals surface area (Å²) in [4.78, 5) is 12.6. The monoisotopic (exact) mass is 273 g/mol. The van der Waals surface area contributed by atoms with Gasteiger partial charge in [-0.05, 0) is 12.1 Å². The number of nitrogens with zero attached hydrogens (tertiary/aromatic N) is 2. The summed E-state index contributed by atoms with van der Waals surface area (Å²) in [6.45, 7) is -1.60. The minimum atomic E-state index is -4.48. The molecule has 0 radical (unpaired) electrons. The number of aromatic amines is 1. The van der Waals surface area contributed by atoms with Crippen molar-refractivity contribution in [2.24, 2.45) is 0 Å². The van der Waals surface area contributed by atoms with Crippen LogP contribution < -0.4 is 0 Å². The molecule has 2 aromatic heterocycles. The summed E-state index contributed by atoms with van der Waals surface area (Å²) < 4.78 is 42.4. The molecule has 2 aromatic rings. The average molecular weight is 273 g/mol. The highest BCUT2D eigenvalue weighted by atomic mass is 19.4. The van der Waals surface area contributed by atoms with Crippen LogP contribution in [-0.4, -0.2) is 33.7 Å². The first-order valence-corrected chi connectivity index (χ1v) is 5.33. The molecule has 0 bridgehead atoms. The van der Waals surface area contributed by atoms with E-state index < -0.39 is 18.6 Å². The molecule has 2 rings (SSSR count). The number of amides is 1. The van der Waals surface area contributed by atoms with Crippen molar-refractivity contribution in [2.45, 2.75) is 12.7 Å². The summed E-state index contributed by atoms with van der Waals surface area (Å²) in [6.07, 6.45) is -0.725. The predicted octanol–water partition coefficient (Wildman–Crippen LogP) is 2.21. The molecule has 0 aliphatic rings. The Morgan fingerprint density at radius 3 is 2.79 bits per heavy atom. The second kappa shape index (κ2) is 5.17. The van der Waals surface area contributed by atoms with Gasteiger partial charge in [0.1, 0.15) is 12.3 Å². The Hall–Kier alpha value is -2.25. The van der Waals surface area contributed by atoms with Gasteiger partial charge in [-0.1, -0.05) is 0 Å². The normalized spacial score (nSPS) is 11.5. The summed E-state index contributed by atoms with van der Waals surface area (Å²) in [5.41, 5.74) is 0.0656. The molecule has 1 N–H and O–H groups in total. The van der Waals surface area contributed by atoms with Crippen LogP contribution in [0.4, 0.5) is 13.2 Å². The van der Waals surface area contributed by atoms with Gasteiger partial charge in [0, 0.05) is 6.20 Å². The van der Waals surface area contributed by atoms with Gasteiger partial charge in [0.25, 0.3) is 5.91 Å². The summed E-state index contributed by atoms with van der Waals surface area (Å²) in [6, 6.07) is 3.05. The van der Waals surface area contributed by atoms with Crippen molar-refractivity contribution in [2.75, 3.05) is 6.54 Å². The van der Waals surface area contributed by atoms with Gasteiger partial charge >= 0.3 is 6.18 Å². The lowest BCUT2D eigenvalue weighted by molar-refractivity contribution is -0.142. The number of aromatic nitrogens is 2. The lowest BCUT2D eigenvalue weighted by Crippen LogP contribution is -2.38. The number of furan rings is 1. The van der Waals surface area contributed by atoms with E-state index in [0.717, 1.165) is 0 Å². The Balaban J connectivity index is 2.16. The SMILES string of the molecule is O=C(c1cn[nH]c1)N(Cc1ccco1)CC(F)(F)F. The van der Waals surface area contributed by atoms with E-state index in [0.29, 0.717) is 4.90 Å². The minimum Gasteiger partial charge on any atom is -0.467 e. The largest absolute Gasteiger partial charge is 0.467 e. The summed E-state index contributed by atoms with van der Waals surface area (Å²) in [5.74, 6) is -0.483. The van der Waals surface area contributed by atoms with Crippen molar-refractivity contribution in [3.05, 3.63) is 42.1 Å². The van der Waals surface area contributed by atoms with Crippen molar-refractivity contribution in [3.63, 3.8) is 0 Å². The molecule has 0 aliphatic heterocycles. The van der Waals surface area contributed by atoms with Crippen LogP contribution in [0, 0.1) is 0 Å². The van der Waals surface area contributed by atoms with Crippen molar-refractivity contribution >= 4 is 5.91 Å². The van der Waals surface area contributed by atoms with Crippen LogP contribution in [0.25, 0.3) is 0 Å². The molecule has 0 atom stereocenters. The summed E-state index contributed by atoms with van der Waals surface area (Å²) in [7, 11) is 0. The molecule has 0 saturated carbocycles. The van der Waals surface area contributed by atoms with E-state index in [9.17, 15) is 18.0 Å². The Labute approximate surface area is 106 Å². The topological polar surface area (TPSA) is 62.1 Å². The Kier molecular flexibility index (Phi) is 3.59. The van der Waals surface area contributed by atoms with Crippen LogP contribution in [0.15, 0.2) is 35.2 Å². The van der Waals surface area contributed by atoms with E-state index in [1.54, 1.807) is 6.07 Å². The van der Waals surface area contributed by atoms with E-state index >= 15 is 0 Å². The number of rotatable bonds is 4. The van der Waals surface area contributed by atoms with Gasteiger partial charge in [-0.15, -0.1) is 0 Å². The van der Waals surface area contributed by atoms with Crippen LogP contribution >= 0.6 is 0 Å². The lowest BCUT2D eigenvalue weighted by atomic mass is 10.3. The molecule has 0 unspecified atom stereocenters. The number of H-pyrrole nitrogens is 1. The van der Waals surface area contributed by atoms with Crippen LogP contribution in [0.5, 0.6) is 0 Å². The third kappa shape index (κ3) is 3.60. The Morgan fingerprint density at radius 2 is 2.26 bits per heavy atom. The quantitative estimate of drug-likeness (QED) is 0.929. The molecule has 0 fully saturated rings. The maximum atomic E-state index is 12.5. The number of alkyl halides is 3.